The largest absolute Gasteiger partial charge is 0.343 e. The van der Waals surface area contributed by atoms with Crippen molar-refractivity contribution in [3.63, 3.8) is 0 Å². The normalized spacial score (nSPS) is 14.9. The zero-order chi connectivity index (χ0) is 13.7. The quantitative estimate of drug-likeness (QED) is 0.827. The first-order valence-electron chi connectivity index (χ1n) is 6.90. The molecule has 1 saturated heterocycles. The summed E-state index contributed by atoms with van der Waals surface area (Å²) in [5.41, 5.74) is 1.71. The Morgan fingerprint density at radius 3 is 2.79 bits per heavy atom. The van der Waals surface area contributed by atoms with Crippen molar-refractivity contribution in [1.82, 2.24) is 10.2 Å². The summed E-state index contributed by atoms with van der Waals surface area (Å²) in [7, 11) is 0. The summed E-state index contributed by atoms with van der Waals surface area (Å²) in [6.07, 6.45) is 2.81. The van der Waals surface area contributed by atoms with Crippen LogP contribution in [-0.4, -0.2) is 30.4 Å². The minimum absolute atomic E-state index is 0.173. The maximum Gasteiger partial charge on any atom is 0.223 e. The predicted octanol–water partition coefficient (Wildman–Crippen LogP) is 2.24. The fourth-order valence-electron chi connectivity index (χ4n) is 2.37. The molecule has 3 nitrogen and oxygen atoms in total. The van der Waals surface area contributed by atoms with Gasteiger partial charge in [0.05, 0.1) is 0 Å². The topological polar surface area (TPSA) is 32.3 Å². The van der Waals surface area contributed by atoms with Gasteiger partial charge in [0.25, 0.3) is 0 Å². The summed E-state index contributed by atoms with van der Waals surface area (Å²) in [6.45, 7) is 4.93. The average molecular weight is 264 g/mol. The molecule has 1 aliphatic heterocycles. The van der Waals surface area contributed by atoms with E-state index >= 15 is 0 Å². The number of amides is 1. The zero-order valence-electron chi connectivity index (χ0n) is 11.4. The third kappa shape index (κ3) is 4.03. The molecule has 1 fully saturated rings. The highest BCUT2D eigenvalue weighted by Gasteiger charge is 2.16. The molecule has 0 bridgehead atoms. The number of hydrogen-bond acceptors (Lipinski definition) is 2. The monoisotopic (exact) mass is 264 g/mol. The van der Waals surface area contributed by atoms with Gasteiger partial charge in [-0.1, -0.05) is 12.1 Å². The summed E-state index contributed by atoms with van der Waals surface area (Å²) in [5, 5.41) is 3.23. The average Bonchev–Trinajstić information content (AvgIpc) is 2.92. The molecule has 0 unspecified atom stereocenters. The lowest BCUT2D eigenvalue weighted by molar-refractivity contribution is -0.130. The molecule has 19 heavy (non-hydrogen) atoms. The SMILES string of the molecule is Cc1cc(CNCCC(=O)N2CCCC2)ccc1F. The van der Waals surface area contributed by atoms with Crippen LogP contribution in [0.4, 0.5) is 4.39 Å². The van der Waals surface area contributed by atoms with Gasteiger partial charge in [-0.3, -0.25) is 4.79 Å². The lowest BCUT2D eigenvalue weighted by Gasteiger charge is -2.15. The molecule has 1 aliphatic rings. The van der Waals surface area contributed by atoms with E-state index in [4.69, 9.17) is 0 Å². The summed E-state index contributed by atoms with van der Waals surface area (Å²) >= 11 is 0. The fourth-order valence-corrected chi connectivity index (χ4v) is 2.37. The number of rotatable bonds is 5. The van der Waals surface area contributed by atoms with Gasteiger partial charge in [0.1, 0.15) is 5.82 Å². The number of nitrogens with one attached hydrogen (secondary N) is 1. The lowest BCUT2D eigenvalue weighted by Crippen LogP contribution is -2.30. The molecule has 1 N–H and O–H groups in total. The second-order valence-electron chi connectivity index (χ2n) is 5.10. The number of nitrogens with zero attached hydrogens (tertiary/aromatic N) is 1. The number of carbonyl (C=O) groups is 1. The predicted molar refractivity (Wildman–Crippen MR) is 73.3 cm³/mol. The van der Waals surface area contributed by atoms with Crippen molar-refractivity contribution >= 4 is 5.91 Å². The van der Waals surface area contributed by atoms with Crippen molar-refractivity contribution in [2.24, 2.45) is 0 Å². The van der Waals surface area contributed by atoms with Crippen LogP contribution in [0, 0.1) is 12.7 Å². The highest BCUT2D eigenvalue weighted by atomic mass is 19.1. The van der Waals surface area contributed by atoms with E-state index in [1.807, 2.05) is 11.0 Å². The van der Waals surface area contributed by atoms with Crippen LogP contribution in [0.1, 0.15) is 30.4 Å². The Bertz CT molecular complexity index is 442. The van der Waals surface area contributed by atoms with E-state index in [1.54, 1.807) is 13.0 Å². The van der Waals surface area contributed by atoms with Crippen LogP contribution in [0.3, 0.4) is 0 Å². The summed E-state index contributed by atoms with van der Waals surface area (Å²) < 4.78 is 13.1. The van der Waals surface area contributed by atoms with Gasteiger partial charge in [0.15, 0.2) is 0 Å². The van der Waals surface area contributed by atoms with E-state index in [-0.39, 0.29) is 11.7 Å². The third-order valence-corrected chi connectivity index (χ3v) is 3.53. The molecular weight excluding hydrogens is 243 g/mol. The first-order chi connectivity index (χ1) is 9.16. The molecule has 1 heterocycles. The Hall–Kier alpha value is -1.42. The number of halogens is 1. The number of carbonyl (C=O) groups excluding carboxylic acids is 1. The molecule has 1 amide bonds. The van der Waals surface area contributed by atoms with E-state index in [1.165, 1.54) is 6.07 Å². The molecule has 0 atom stereocenters. The van der Waals surface area contributed by atoms with Crippen LogP contribution < -0.4 is 5.32 Å². The Kier molecular flexibility index (Phi) is 4.91. The van der Waals surface area contributed by atoms with E-state index in [0.717, 1.165) is 31.5 Å². The van der Waals surface area contributed by atoms with Crippen LogP contribution in [0.15, 0.2) is 18.2 Å². The van der Waals surface area contributed by atoms with Crippen LogP contribution in [0.2, 0.25) is 0 Å². The smallest absolute Gasteiger partial charge is 0.223 e. The van der Waals surface area contributed by atoms with Crippen molar-refractivity contribution in [1.29, 1.82) is 0 Å². The summed E-state index contributed by atoms with van der Waals surface area (Å²) in [5.74, 6) is 0.0632. The standard InChI is InChI=1S/C15H21FN2O/c1-12-10-13(4-5-14(12)16)11-17-7-6-15(19)18-8-2-3-9-18/h4-5,10,17H,2-3,6-9,11H2,1H3. The van der Waals surface area contributed by atoms with Crippen molar-refractivity contribution in [2.75, 3.05) is 19.6 Å². The molecule has 0 spiro atoms. The molecule has 2 rings (SSSR count). The first kappa shape index (κ1) is 14.0. The van der Waals surface area contributed by atoms with Crippen molar-refractivity contribution in [3.05, 3.63) is 35.1 Å². The van der Waals surface area contributed by atoms with Gasteiger partial charge in [0.2, 0.25) is 5.91 Å². The van der Waals surface area contributed by atoms with Gasteiger partial charge in [0, 0.05) is 32.6 Å². The molecule has 0 saturated carbocycles. The van der Waals surface area contributed by atoms with Gasteiger partial charge in [-0.25, -0.2) is 4.39 Å². The Morgan fingerprint density at radius 1 is 1.37 bits per heavy atom. The van der Waals surface area contributed by atoms with Crippen LogP contribution >= 0.6 is 0 Å². The summed E-state index contributed by atoms with van der Waals surface area (Å²) in [6, 6.07) is 5.10. The van der Waals surface area contributed by atoms with E-state index in [2.05, 4.69) is 5.32 Å². The van der Waals surface area contributed by atoms with Crippen molar-refractivity contribution in [2.45, 2.75) is 32.7 Å². The highest BCUT2D eigenvalue weighted by Crippen LogP contribution is 2.10. The molecule has 104 valence electrons. The van der Waals surface area contributed by atoms with Gasteiger partial charge >= 0.3 is 0 Å². The minimum atomic E-state index is -0.173. The lowest BCUT2D eigenvalue weighted by atomic mass is 10.1. The van der Waals surface area contributed by atoms with Crippen molar-refractivity contribution < 1.29 is 9.18 Å². The molecule has 1 aromatic carbocycles. The van der Waals surface area contributed by atoms with Crippen LogP contribution in [-0.2, 0) is 11.3 Å². The fraction of sp³-hybridized carbons (Fsp3) is 0.533. The molecule has 1 aromatic rings. The molecular formula is C15H21FN2O. The Balaban J connectivity index is 1.68. The van der Waals surface area contributed by atoms with E-state index in [0.29, 0.717) is 25.1 Å². The van der Waals surface area contributed by atoms with Crippen LogP contribution in [0.25, 0.3) is 0 Å². The zero-order valence-corrected chi connectivity index (χ0v) is 11.4. The second-order valence-corrected chi connectivity index (χ2v) is 5.10. The molecule has 0 aromatic heterocycles. The second kappa shape index (κ2) is 6.66. The molecule has 0 aliphatic carbocycles. The molecule has 0 radical (unpaired) electrons. The first-order valence-corrected chi connectivity index (χ1v) is 6.90. The molecule has 4 heteroatoms. The Labute approximate surface area is 113 Å². The van der Waals surface area contributed by atoms with E-state index in [9.17, 15) is 9.18 Å². The highest BCUT2D eigenvalue weighted by molar-refractivity contribution is 5.76. The van der Waals surface area contributed by atoms with Gasteiger partial charge in [-0.05, 0) is 37.0 Å². The summed E-state index contributed by atoms with van der Waals surface area (Å²) in [4.78, 5) is 13.7. The number of hydrogen-bond donors (Lipinski definition) is 1. The van der Waals surface area contributed by atoms with Gasteiger partial charge in [-0.15, -0.1) is 0 Å². The van der Waals surface area contributed by atoms with Crippen molar-refractivity contribution in [3.8, 4) is 0 Å². The minimum Gasteiger partial charge on any atom is -0.343 e. The Morgan fingerprint density at radius 2 is 2.11 bits per heavy atom. The third-order valence-electron chi connectivity index (χ3n) is 3.53. The van der Waals surface area contributed by atoms with Gasteiger partial charge in [-0.2, -0.15) is 0 Å². The maximum absolute atomic E-state index is 13.1. The maximum atomic E-state index is 13.1. The number of benzene rings is 1. The van der Waals surface area contributed by atoms with E-state index < -0.39 is 0 Å². The number of aryl methyl sites for hydroxylation is 1. The number of likely N-dealkylation sites (tertiary alicyclic amines) is 1. The van der Waals surface area contributed by atoms with Gasteiger partial charge < -0.3 is 10.2 Å². The van der Waals surface area contributed by atoms with Crippen LogP contribution in [0.5, 0.6) is 0 Å².